The number of hydrogen-bond acceptors (Lipinski definition) is 3. The molecule has 0 bridgehead atoms. The Kier molecular flexibility index (Phi) is 4.60. The van der Waals surface area contributed by atoms with E-state index < -0.39 is 10.0 Å². The van der Waals surface area contributed by atoms with Crippen LogP contribution in [0.25, 0.3) is 0 Å². The van der Waals surface area contributed by atoms with E-state index in [0.29, 0.717) is 17.5 Å². The van der Waals surface area contributed by atoms with Crippen LogP contribution in [-0.2, 0) is 10.0 Å². The van der Waals surface area contributed by atoms with Crippen molar-refractivity contribution in [2.45, 2.75) is 37.6 Å². The van der Waals surface area contributed by atoms with E-state index in [4.69, 9.17) is 0 Å². The van der Waals surface area contributed by atoms with Gasteiger partial charge in [-0.2, -0.15) is 0 Å². The number of hydrogen-bond donors (Lipinski definition) is 1. The summed E-state index contributed by atoms with van der Waals surface area (Å²) in [4.78, 5) is 2.68. The number of likely N-dealkylation sites (N-methyl/N-ethyl adjacent to an activating group) is 1. The van der Waals surface area contributed by atoms with Gasteiger partial charge in [0.1, 0.15) is 0 Å². The second kappa shape index (κ2) is 6.03. The molecule has 106 valence electrons. The van der Waals surface area contributed by atoms with Crippen LogP contribution >= 0.6 is 0 Å². The Morgan fingerprint density at radius 2 is 2.00 bits per heavy atom. The lowest BCUT2D eigenvalue weighted by Crippen LogP contribution is -2.39. The monoisotopic (exact) mass is 282 g/mol. The van der Waals surface area contributed by atoms with Crippen LogP contribution in [0.5, 0.6) is 0 Å². The molecule has 1 atom stereocenters. The molecule has 19 heavy (non-hydrogen) atoms. The highest BCUT2D eigenvalue weighted by molar-refractivity contribution is 7.89. The molecule has 0 unspecified atom stereocenters. The van der Waals surface area contributed by atoms with Crippen LogP contribution in [-0.4, -0.2) is 39.0 Å². The predicted octanol–water partition coefficient (Wildman–Crippen LogP) is 1.76. The molecular weight excluding hydrogens is 260 g/mol. The smallest absolute Gasteiger partial charge is 0.240 e. The highest BCUT2D eigenvalue weighted by atomic mass is 32.2. The van der Waals surface area contributed by atoms with Crippen LogP contribution in [0.1, 0.15) is 25.3 Å². The topological polar surface area (TPSA) is 49.4 Å². The molecule has 1 N–H and O–H groups in total. The summed E-state index contributed by atoms with van der Waals surface area (Å²) >= 11 is 0. The van der Waals surface area contributed by atoms with Gasteiger partial charge < -0.3 is 0 Å². The van der Waals surface area contributed by atoms with Crippen LogP contribution < -0.4 is 4.72 Å². The highest BCUT2D eigenvalue weighted by Crippen LogP contribution is 2.17. The van der Waals surface area contributed by atoms with E-state index in [1.807, 2.05) is 19.1 Å². The standard InChI is InChI=1S/C14H22N2O2S/c1-3-16-10-4-5-13(16)11-15-19(17,18)14-8-6-12(2)7-9-14/h6-9,13,15H,3-5,10-11H2,1-2H3/t13-/m0/s1. The molecule has 1 fully saturated rings. The number of likely N-dealkylation sites (tertiary alicyclic amines) is 1. The molecule has 0 aliphatic carbocycles. The fourth-order valence-electron chi connectivity index (χ4n) is 2.55. The molecule has 1 aliphatic heterocycles. The maximum atomic E-state index is 12.2. The number of nitrogens with zero attached hydrogens (tertiary/aromatic N) is 1. The first-order chi connectivity index (χ1) is 9.03. The molecule has 4 nitrogen and oxygen atoms in total. The zero-order valence-corrected chi connectivity index (χ0v) is 12.4. The van der Waals surface area contributed by atoms with Gasteiger partial charge in [0.25, 0.3) is 0 Å². The Morgan fingerprint density at radius 1 is 1.32 bits per heavy atom. The third kappa shape index (κ3) is 3.55. The van der Waals surface area contributed by atoms with Crippen molar-refractivity contribution in [3.8, 4) is 0 Å². The summed E-state index contributed by atoms with van der Waals surface area (Å²) in [6, 6.07) is 7.30. The molecule has 1 heterocycles. The maximum Gasteiger partial charge on any atom is 0.240 e. The van der Waals surface area contributed by atoms with Gasteiger partial charge in [-0.1, -0.05) is 24.6 Å². The Hall–Kier alpha value is -0.910. The van der Waals surface area contributed by atoms with Crippen molar-refractivity contribution in [1.29, 1.82) is 0 Å². The SMILES string of the molecule is CCN1CCC[C@H]1CNS(=O)(=O)c1ccc(C)cc1. The first-order valence-corrected chi connectivity index (χ1v) is 8.31. The molecule has 2 rings (SSSR count). The molecule has 5 heteroatoms. The van der Waals surface area contributed by atoms with Gasteiger partial charge in [-0.3, -0.25) is 4.90 Å². The normalized spacial score (nSPS) is 20.8. The van der Waals surface area contributed by atoms with Crippen molar-refractivity contribution < 1.29 is 8.42 Å². The number of sulfonamides is 1. The van der Waals surface area contributed by atoms with Crippen LogP contribution in [0.4, 0.5) is 0 Å². The van der Waals surface area contributed by atoms with Gasteiger partial charge in [0, 0.05) is 12.6 Å². The summed E-state index contributed by atoms with van der Waals surface area (Å²) in [5, 5.41) is 0. The number of rotatable bonds is 5. The second-order valence-corrected chi connectivity index (χ2v) is 6.86. The highest BCUT2D eigenvalue weighted by Gasteiger charge is 2.24. The quantitative estimate of drug-likeness (QED) is 0.895. The van der Waals surface area contributed by atoms with Gasteiger partial charge in [-0.15, -0.1) is 0 Å². The summed E-state index contributed by atoms with van der Waals surface area (Å²) < 4.78 is 27.1. The van der Waals surface area contributed by atoms with Crippen LogP contribution in [0.3, 0.4) is 0 Å². The zero-order chi connectivity index (χ0) is 13.9. The third-order valence-electron chi connectivity index (χ3n) is 3.75. The fourth-order valence-corrected chi connectivity index (χ4v) is 3.62. The van der Waals surface area contributed by atoms with Crippen molar-refractivity contribution >= 4 is 10.0 Å². The molecule has 1 aliphatic rings. The zero-order valence-electron chi connectivity index (χ0n) is 11.6. The van der Waals surface area contributed by atoms with Crippen molar-refractivity contribution in [1.82, 2.24) is 9.62 Å². The lowest BCUT2D eigenvalue weighted by atomic mass is 10.2. The molecule has 0 saturated carbocycles. The fraction of sp³-hybridized carbons (Fsp3) is 0.571. The van der Waals surface area contributed by atoms with Crippen molar-refractivity contribution in [3.05, 3.63) is 29.8 Å². The molecule has 1 aromatic carbocycles. The summed E-state index contributed by atoms with van der Waals surface area (Å²) in [6.07, 6.45) is 2.23. The molecule has 0 aromatic heterocycles. The molecule has 0 spiro atoms. The van der Waals surface area contributed by atoms with Gasteiger partial charge in [0.2, 0.25) is 10.0 Å². The van der Waals surface area contributed by atoms with Crippen molar-refractivity contribution in [3.63, 3.8) is 0 Å². The van der Waals surface area contributed by atoms with Crippen LogP contribution in [0, 0.1) is 6.92 Å². The molecule has 0 radical (unpaired) electrons. The van der Waals surface area contributed by atoms with Crippen LogP contribution in [0.2, 0.25) is 0 Å². The first kappa shape index (κ1) is 14.5. The number of benzene rings is 1. The van der Waals surface area contributed by atoms with E-state index in [1.54, 1.807) is 12.1 Å². The van der Waals surface area contributed by atoms with E-state index in [9.17, 15) is 8.42 Å². The number of nitrogens with one attached hydrogen (secondary N) is 1. The lowest BCUT2D eigenvalue weighted by Gasteiger charge is -2.22. The minimum atomic E-state index is -3.37. The van der Waals surface area contributed by atoms with E-state index in [0.717, 1.165) is 31.5 Å². The van der Waals surface area contributed by atoms with Gasteiger partial charge in [0.05, 0.1) is 4.90 Å². The predicted molar refractivity (Wildman–Crippen MR) is 76.6 cm³/mol. The first-order valence-electron chi connectivity index (χ1n) is 6.83. The number of aryl methyl sites for hydroxylation is 1. The second-order valence-electron chi connectivity index (χ2n) is 5.09. The van der Waals surface area contributed by atoms with E-state index in [-0.39, 0.29) is 0 Å². The van der Waals surface area contributed by atoms with Gasteiger partial charge >= 0.3 is 0 Å². The van der Waals surface area contributed by atoms with E-state index in [2.05, 4.69) is 16.5 Å². The van der Waals surface area contributed by atoms with E-state index in [1.165, 1.54) is 0 Å². The molecule has 1 saturated heterocycles. The summed E-state index contributed by atoms with van der Waals surface area (Å²) in [5.41, 5.74) is 1.06. The van der Waals surface area contributed by atoms with E-state index >= 15 is 0 Å². The largest absolute Gasteiger partial charge is 0.299 e. The lowest BCUT2D eigenvalue weighted by molar-refractivity contribution is 0.268. The summed E-state index contributed by atoms with van der Waals surface area (Å²) in [7, 11) is -3.37. The van der Waals surface area contributed by atoms with Crippen LogP contribution in [0.15, 0.2) is 29.2 Å². The Morgan fingerprint density at radius 3 is 2.63 bits per heavy atom. The molecule has 0 amide bonds. The minimum absolute atomic E-state index is 0.338. The van der Waals surface area contributed by atoms with Gasteiger partial charge in [-0.25, -0.2) is 13.1 Å². The van der Waals surface area contributed by atoms with Gasteiger partial charge in [0.15, 0.2) is 0 Å². The molecular formula is C14H22N2O2S. The van der Waals surface area contributed by atoms with Gasteiger partial charge in [-0.05, 0) is 45.0 Å². The summed E-state index contributed by atoms with van der Waals surface area (Å²) in [5.74, 6) is 0. The maximum absolute atomic E-state index is 12.2. The third-order valence-corrected chi connectivity index (χ3v) is 5.18. The van der Waals surface area contributed by atoms with Crippen molar-refractivity contribution in [2.24, 2.45) is 0 Å². The summed E-state index contributed by atoms with van der Waals surface area (Å²) in [6.45, 7) is 6.63. The average molecular weight is 282 g/mol. The Labute approximate surface area is 115 Å². The minimum Gasteiger partial charge on any atom is -0.299 e. The van der Waals surface area contributed by atoms with Crippen molar-refractivity contribution in [2.75, 3.05) is 19.6 Å². The molecule has 1 aromatic rings. The average Bonchev–Trinajstić information content (AvgIpc) is 2.84. The Bertz CT molecular complexity index is 511. The Balaban J connectivity index is 2.00.